The van der Waals surface area contributed by atoms with Crippen LogP contribution in [0.25, 0.3) is 0 Å². The molecule has 2 N–H and O–H groups in total. The van der Waals surface area contributed by atoms with E-state index < -0.39 is 12.0 Å². The van der Waals surface area contributed by atoms with Crippen LogP contribution in [0.15, 0.2) is 0 Å². The maximum absolute atomic E-state index is 11.3. The van der Waals surface area contributed by atoms with Crippen molar-refractivity contribution in [3.8, 4) is 0 Å². The third kappa shape index (κ3) is 11.1. The number of nitrogens with one attached hydrogen (secondary N) is 1. The fraction of sp³-hybridized carbons (Fsp3) is 0.818. The summed E-state index contributed by atoms with van der Waals surface area (Å²) in [4.78, 5) is 22.0. The van der Waals surface area contributed by atoms with E-state index in [0.717, 1.165) is 19.3 Å². The Morgan fingerprint density at radius 2 is 1.88 bits per heavy atom. The molecule has 0 bridgehead atoms. The van der Waals surface area contributed by atoms with Crippen LogP contribution in [-0.4, -0.2) is 28.8 Å². The van der Waals surface area contributed by atoms with Gasteiger partial charge in [0.2, 0.25) is 5.91 Å². The summed E-state index contributed by atoms with van der Waals surface area (Å²) < 4.78 is 0. The van der Waals surface area contributed by atoms with E-state index >= 15 is 0 Å². The van der Waals surface area contributed by atoms with Crippen LogP contribution in [0, 0.1) is 0 Å². The molecule has 1 amide bonds. The molecule has 0 aliphatic heterocycles. The number of unbranched alkanes of at least 4 members (excludes halogenated alkanes) is 4. The van der Waals surface area contributed by atoms with E-state index in [9.17, 15) is 9.59 Å². The zero-order valence-corrected chi connectivity index (χ0v) is 13.6. The minimum absolute atomic E-state index is 0. The normalized spacial score (nSPS) is 11.4. The minimum atomic E-state index is -1.03. The summed E-state index contributed by atoms with van der Waals surface area (Å²) in [5.74, 6) is -1.11. The number of hydrogen-bond acceptors (Lipinski definition) is 3. The van der Waals surface area contributed by atoms with E-state index in [1.807, 2.05) is 0 Å². The van der Waals surface area contributed by atoms with Crippen molar-refractivity contribution >= 4 is 24.5 Å². The van der Waals surface area contributed by atoms with E-state index in [0.29, 0.717) is 6.42 Å². The van der Waals surface area contributed by atoms with Gasteiger partial charge in [-0.3, -0.25) is 4.79 Å². The number of carboxylic acid groups (broad SMARTS) is 1. The van der Waals surface area contributed by atoms with Crippen molar-refractivity contribution in [1.29, 1.82) is 0 Å². The smallest absolute Gasteiger partial charge is 1.00 e. The Morgan fingerprint density at radius 3 is 2.35 bits per heavy atom. The zero-order valence-electron chi connectivity index (χ0n) is 11.7. The van der Waals surface area contributed by atoms with Crippen LogP contribution < -0.4 is 34.9 Å². The van der Waals surface area contributed by atoms with Gasteiger partial charge in [-0.1, -0.05) is 32.6 Å². The molecule has 0 radical (unpaired) electrons. The third-order valence-corrected chi connectivity index (χ3v) is 2.69. The first-order chi connectivity index (χ1) is 7.61. The molecule has 4 nitrogen and oxygen atoms in total. The molecule has 1 atom stereocenters. The van der Waals surface area contributed by atoms with Gasteiger partial charge in [0.25, 0.3) is 0 Å². The second kappa shape index (κ2) is 12.7. The van der Waals surface area contributed by atoms with Gasteiger partial charge in [-0.25, -0.2) is 4.79 Å². The molecule has 6 heteroatoms. The van der Waals surface area contributed by atoms with E-state index in [2.05, 4.69) is 24.9 Å². The predicted octanol–water partition coefficient (Wildman–Crippen LogP) is -1.04. The summed E-state index contributed by atoms with van der Waals surface area (Å²) in [7, 11) is 0. The van der Waals surface area contributed by atoms with Crippen LogP contribution in [-0.2, 0) is 9.59 Å². The van der Waals surface area contributed by atoms with Gasteiger partial charge >= 0.3 is 35.5 Å². The van der Waals surface area contributed by atoms with E-state index in [4.69, 9.17) is 5.11 Å². The molecular weight excluding hydrogens is 249 g/mol. The Kier molecular flexibility index (Phi) is 14.7. The Morgan fingerprint density at radius 1 is 1.29 bits per heavy atom. The van der Waals surface area contributed by atoms with Crippen LogP contribution >= 0.6 is 12.6 Å². The second-order valence-electron chi connectivity index (χ2n) is 3.81. The number of carbonyl (C=O) groups excluding carboxylic acids is 1. The molecule has 0 aliphatic carbocycles. The molecule has 0 aliphatic rings. The first-order valence-electron chi connectivity index (χ1n) is 5.74. The molecule has 0 fully saturated rings. The van der Waals surface area contributed by atoms with Crippen molar-refractivity contribution in [3.05, 3.63) is 0 Å². The average molecular weight is 271 g/mol. The summed E-state index contributed by atoms with van der Waals surface area (Å²) in [6.45, 7) is 2.14. The quantitative estimate of drug-likeness (QED) is 0.285. The number of rotatable bonds is 9. The summed E-state index contributed by atoms with van der Waals surface area (Å²) in [5, 5.41) is 11.1. The van der Waals surface area contributed by atoms with Gasteiger partial charge in [0.15, 0.2) is 0 Å². The van der Waals surface area contributed by atoms with Crippen LogP contribution in [0.3, 0.4) is 0 Å². The van der Waals surface area contributed by atoms with Gasteiger partial charge in [0.05, 0.1) is 0 Å². The number of carbonyl (C=O) groups is 2. The number of amides is 1. The zero-order chi connectivity index (χ0) is 12.4. The minimum Gasteiger partial charge on any atom is -1.00 e. The maximum atomic E-state index is 11.3. The maximum Gasteiger partial charge on any atom is 1.00 e. The van der Waals surface area contributed by atoms with Gasteiger partial charge in [-0.15, -0.1) is 0 Å². The Hall–Kier alpha value is 0.290. The second-order valence-corrected chi connectivity index (χ2v) is 4.17. The van der Waals surface area contributed by atoms with Crippen molar-refractivity contribution in [1.82, 2.24) is 5.32 Å². The molecule has 0 saturated heterocycles. The molecule has 0 saturated carbocycles. The number of carboxylic acids is 1. The first kappa shape index (κ1) is 19.6. The molecule has 0 rings (SSSR count). The van der Waals surface area contributed by atoms with Crippen LogP contribution in [0.5, 0.6) is 0 Å². The van der Waals surface area contributed by atoms with E-state index in [1.54, 1.807) is 0 Å². The number of aliphatic carboxylic acids is 1. The molecular formula is C11H22NNaO3S. The van der Waals surface area contributed by atoms with Gasteiger partial charge in [0.1, 0.15) is 6.04 Å². The molecule has 0 spiro atoms. The third-order valence-electron chi connectivity index (χ3n) is 2.32. The van der Waals surface area contributed by atoms with Gasteiger partial charge in [-0.2, -0.15) is 12.6 Å². The molecule has 0 aromatic carbocycles. The van der Waals surface area contributed by atoms with Crippen LogP contribution in [0.2, 0.25) is 0 Å². The molecule has 17 heavy (non-hydrogen) atoms. The number of thiol groups is 1. The topological polar surface area (TPSA) is 66.4 Å². The largest absolute Gasteiger partial charge is 1.00 e. The predicted molar refractivity (Wildman–Crippen MR) is 67.9 cm³/mol. The fourth-order valence-corrected chi connectivity index (χ4v) is 1.59. The fourth-order valence-electron chi connectivity index (χ4n) is 1.34. The Bertz CT molecular complexity index is 232. The van der Waals surface area contributed by atoms with Gasteiger partial charge in [-0.05, 0) is 6.42 Å². The average Bonchev–Trinajstić information content (AvgIpc) is 2.25. The van der Waals surface area contributed by atoms with Crippen molar-refractivity contribution < 1.29 is 45.7 Å². The standard InChI is InChI=1S/C11H21NO3S.Na.H/c1-2-3-4-5-6-7-10(13)12-9(8-16)11(14)15;;/h9,16H,2-8H2,1H3,(H,12,13)(H,14,15);;/q;+1;-1. The van der Waals surface area contributed by atoms with Gasteiger partial charge in [0, 0.05) is 12.2 Å². The summed E-state index contributed by atoms with van der Waals surface area (Å²) in [6, 6.07) is -0.869. The molecule has 0 heterocycles. The summed E-state index contributed by atoms with van der Waals surface area (Å²) in [5.41, 5.74) is 0. The summed E-state index contributed by atoms with van der Waals surface area (Å²) in [6.07, 6.45) is 5.76. The molecule has 0 aromatic rings. The van der Waals surface area contributed by atoms with Crippen molar-refractivity contribution in [3.63, 3.8) is 0 Å². The summed E-state index contributed by atoms with van der Waals surface area (Å²) >= 11 is 3.87. The first-order valence-corrected chi connectivity index (χ1v) is 6.38. The molecule has 96 valence electrons. The van der Waals surface area contributed by atoms with Crippen molar-refractivity contribution in [2.45, 2.75) is 51.5 Å². The van der Waals surface area contributed by atoms with E-state index in [-0.39, 0.29) is 42.6 Å². The molecule has 0 aromatic heterocycles. The van der Waals surface area contributed by atoms with Crippen LogP contribution in [0.4, 0.5) is 0 Å². The van der Waals surface area contributed by atoms with Crippen molar-refractivity contribution in [2.24, 2.45) is 0 Å². The van der Waals surface area contributed by atoms with E-state index in [1.165, 1.54) is 12.8 Å². The Labute approximate surface area is 132 Å². The van der Waals surface area contributed by atoms with Crippen LogP contribution in [0.1, 0.15) is 46.9 Å². The van der Waals surface area contributed by atoms with Gasteiger partial charge < -0.3 is 11.8 Å². The van der Waals surface area contributed by atoms with Crippen molar-refractivity contribution in [2.75, 3.05) is 5.75 Å². The SMILES string of the molecule is CCCCCCCC(=O)NC(CS)C(=O)O.[H-].[Na+]. The number of hydrogen-bond donors (Lipinski definition) is 3. The molecule has 1 unspecified atom stereocenters. The monoisotopic (exact) mass is 271 g/mol. The Balaban J connectivity index is -0.00000112.